The van der Waals surface area contributed by atoms with Crippen molar-refractivity contribution in [1.82, 2.24) is 4.98 Å². The number of ether oxygens (including phenoxy) is 1. The van der Waals surface area contributed by atoms with E-state index in [1.54, 1.807) is 11.3 Å². The summed E-state index contributed by atoms with van der Waals surface area (Å²) in [6, 6.07) is 3.96. The van der Waals surface area contributed by atoms with Gasteiger partial charge in [0.15, 0.2) is 0 Å². The molecule has 0 spiro atoms. The van der Waals surface area contributed by atoms with Gasteiger partial charge in [-0.25, -0.2) is 4.98 Å². The molecule has 0 saturated carbocycles. The molecule has 1 aromatic heterocycles. The Hall–Kier alpha value is -0.840. The molecule has 0 radical (unpaired) electrons. The Labute approximate surface area is 115 Å². The fourth-order valence-corrected chi connectivity index (χ4v) is 3.18. The van der Waals surface area contributed by atoms with Gasteiger partial charge in [-0.05, 0) is 30.9 Å². The third-order valence-corrected chi connectivity index (χ3v) is 4.47. The molecule has 0 bridgehead atoms. The highest BCUT2D eigenvalue weighted by molar-refractivity contribution is 7.16. The average molecular weight is 283 g/mol. The fraction of sp³-hybridized carbons (Fsp3) is 0.462. The summed E-state index contributed by atoms with van der Waals surface area (Å²) in [6.07, 6.45) is 2.25. The van der Waals surface area contributed by atoms with Crippen LogP contribution >= 0.6 is 22.9 Å². The first-order valence-electron chi connectivity index (χ1n) is 6.18. The number of hydrogen-bond donors (Lipinski definition) is 1. The lowest BCUT2D eigenvalue weighted by atomic mass is 10.0. The van der Waals surface area contributed by atoms with E-state index in [9.17, 15) is 0 Å². The standard InChI is InChI=1S/C13H15ClN2OS/c14-10-1-2-11-13(16-8-18-11)12(10)15-7-9-3-5-17-6-4-9/h1-2,8-9,15H,3-7H2. The maximum absolute atomic E-state index is 6.26. The number of aromatic nitrogens is 1. The van der Waals surface area contributed by atoms with Crippen molar-refractivity contribution in [3.05, 3.63) is 22.7 Å². The lowest BCUT2D eigenvalue weighted by Crippen LogP contribution is -2.22. The zero-order chi connectivity index (χ0) is 12.4. The molecule has 1 aliphatic heterocycles. The van der Waals surface area contributed by atoms with Crippen molar-refractivity contribution in [2.24, 2.45) is 5.92 Å². The van der Waals surface area contributed by atoms with E-state index in [-0.39, 0.29) is 0 Å². The van der Waals surface area contributed by atoms with E-state index in [1.165, 1.54) is 4.70 Å². The molecule has 2 heterocycles. The van der Waals surface area contributed by atoms with Crippen molar-refractivity contribution >= 4 is 38.8 Å². The molecule has 0 amide bonds. The smallest absolute Gasteiger partial charge is 0.106 e. The van der Waals surface area contributed by atoms with Crippen molar-refractivity contribution in [3.8, 4) is 0 Å². The van der Waals surface area contributed by atoms with E-state index in [2.05, 4.69) is 10.3 Å². The Morgan fingerprint density at radius 1 is 1.39 bits per heavy atom. The zero-order valence-electron chi connectivity index (χ0n) is 9.99. The molecule has 0 unspecified atom stereocenters. The summed E-state index contributed by atoms with van der Waals surface area (Å²) in [6.45, 7) is 2.70. The molecule has 3 nitrogen and oxygen atoms in total. The number of nitrogens with zero attached hydrogens (tertiary/aromatic N) is 1. The minimum Gasteiger partial charge on any atom is -0.382 e. The highest BCUT2D eigenvalue weighted by atomic mass is 35.5. The minimum atomic E-state index is 0.670. The Kier molecular flexibility index (Phi) is 3.68. The minimum absolute atomic E-state index is 0.670. The summed E-state index contributed by atoms with van der Waals surface area (Å²) in [5, 5.41) is 4.22. The number of anilines is 1. The van der Waals surface area contributed by atoms with Crippen LogP contribution in [0.15, 0.2) is 17.6 Å². The summed E-state index contributed by atoms with van der Waals surface area (Å²) in [7, 11) is 0. The average Bonchev–Trinajstić information content (AvgIpc) is 2.87. The topological polar surface area (TPSA) is 34.2 Å². The van der Waals surface area contributed by atoms with Crippen molar-refractivity contribution < 1.29 is 4.74 Å². The number of benzene rings is 1. The monoisotopic (exact) mass is 282 g/mol. The zero-order valence-corrected chi connectivity index (χ0v) is 11.6. The highest BCUT2D eigenvalue weighted by Gasteiger charge is 2.15. The van der Waals surface area contributed by atoms with Crippen LogP contribution in [-0.4, -0.2) is 24.7 Å². The van der Waals surface area contributed by atoms with Crippen LogP contribution in [0.5, 0.6) is 0 Å². The van der Waals surface area contributed by atoms with Gasteiger partial charge < -0.3 is 10.1 Å². The van der Waals surface area contributed by atoms with Gasteiger partial charge >= 0.3 is 0 Å². The number of fused-ring (bicyclic) bond motifs is 1. The first kappa shape index (κ1) is 12.2. The van der Waals surface area contributed by atoms with Crippen LogP contribution in [0.1, 0.15) is 12.8 Å². The third kappa shape index (κ3) is 2.46. The Morgan fingerprint density at radius 3 is 3.06 bits per heavy atom. The van der Waals surface area contributed by atoms with Gasteiger partial charge in [0.05, 0.1) is 20.9 Å². The molecule has 1 N–H and O–H groups in total. The van der Waals surface area contributed by atoms with E-state index in [4.69, 9.17) is 16.3 Å². The number of thiazole rings is 1. The molecule has 1 saturated heterocycles. The Morgan fingerprint density at radius 2 is 2.22 bits per heavy atom. The number of rotatable bonds is 3. The summed E-state index contributed by atoms with van der Waals surface area (Å²) in [5.41, 5.74) is 3.82. The maximum atomic E-state index is 6.26. The summed E-state index contributed by atoms with van der Waals surface area (Å²) in [4.78, 5) is 4.39. The second-order valence-corrected chi connectivity index (χ2v) is 5.85. The highest BCUT2D eigenvalue weighted by Crippen LogP contribution is 2.32. The van der Waals surface area contributed by atoms with Gasteiger partial charge in [-0.1, -0.05) is 11.6 Å². The van der Waals surface area contributed by atoms with Crippen molar-refractivity contribution in [3.63, 3.8) is 0 Å². The molecule has 18 heavy (non-hydrogen) atoms. The van der Waals surface area contributed by atoms with Gasteiger partial charge in [-0.3, -0.25) is 0 Å². The summed E-state index contributed by atoms with van der Waals surface area (Å²) in [5.74, 6) is 0.670. The molecule has 5 heteroatoms. The van der Waals surface area contributed by atoms with Crippen LogP contribution in [-0.2, 0) is 4.74 Å². The van der Waals surface area contributed by atoms with Gasteiger partial charge in [-0.2, -0.15) is 0 Å². The van der Waals surface area contributed by atoms with E-state index >= 15 is 0 Å². The number of nitrogens with one attached hydrogen (secondary N) is 1. The SMILES string of the molecule is Clc1ccc2scnc2c1NCC1CCOCC1. The lowest BCUT2D eigenvalue weighted by molar-refractivity contribution is 0.0699. The molecule has 1 aliphatic rings. The molecule has 2 aromatic rings. The van der Waals surface area contributed by atoms with Gasteiger partial charge in [0, 0.05) is 19.8 Å². The summed E-state index contributed by atoms with van der Waals surface area (Å²) >= 11 is 7.90. The first-order chi connectivity index (χ1) is 8.84. The normalized spacial score (nSPS) is 17.2. The van der Waals surface area contributed by atoms with Gasteiger partial charge in [0.1, 0.15) is 5.52 Å². The van der Waals surface area contributed by atoms with E-state index in [0.29, 0.717) is 5.92 Å². The molecule has 0 aliphatic carbocycles. The molecule has 1 aromatic carbocycles. The second kappa shape index (κ2) is 5.43. The van der Waals surface area contributed by atoms with Crippen LogP contribution in [0.25, 0.3) is 10.2 Å². The maximum Gasteiger partial charge on any atom is 0.106 e. The number of halogens is 1. The van der Waals surface area contributed by atoms with Gasteiger partial charge in [0.2, 0.25) is 0 Å². The Bertz CT molecular complexity index is 537. The van der Waals surface area contributed by atoms with Gasteiger partial charge in [-0.15, -0.1) is 11.3 Å². The van der Waals surface area contributed by atoms with Crippen LogP contribution in [0.4, 0.5) is 5.69 Å². The molecule has 1 fully saturated rings. The Balaban J connectivity index is 1.76. The number of hydrogen-bond acceptors (Lipinski definition) is 4. The lowest BCUT2D eigenvalue weighted by Gasteiger charge is -2.23. The molecule has 0 atom stereocenters. The van der Waals surface area contributed by atoms with Gasteiger partial charge in [0.25, 0.3) is 0 Å². The molecule has 3 rings (SSSR count). The second-order valence-electron chi connectivity index (χ2n) is 4.56. The fourth-order valence-electron chi connectivity index (χ4n) is 2.27. The largest absolute Gasteiger partial charge is 0.382 e. The van der Waals surface area contributed by atoms with E-state index in [0.717, 1.165) is 48.8 Å². The predicted molar refractivity (Wildman–Crippen MR) is 76.7 cm³/mol. The van der Waals surface area contributed by atoms with Crippen molar-refractivity contribution in [1.29, 1.82) is 0 Å². The first-order valence-corrected chi connectivity index (χ1v) is 7.43. The van der Waals surface area contributed by atoms with E-state index in [1.807, 2.05) is 17.6 Å². The molecular weight excluding hydrogens is 268 g/mol. The summed E-state index contributed by atoms with van der Waals surface area (Å²) < 4.78 is 6.54. The van der Waals surface area contributed by atoms with Crippen molar-refractivity contribution in [2.45, 2.75) is 12.8 Å². The third-order valence-electron chi connectivity index (χ3n) is 3.36. The van der Waals surface area contributed by atoms with Crippen LogP contribution < -0.4 is 5.32 Å². The molecule has 96 valence electrons. The molecular formula is C13H15ClN2OS. The van der Waals surface area contributed by atoms with Crippen molar-refractivity contribution in [2.75, 3.05) is 25.1 Å². The van der Waals surface area contributed by atoms with Crippen LogP contribution in [0.2, 0.25) is 5.02 Å². The quantitative estimate of drug-likeness (QED) is 0.930. The van der Waals surface area contributed by atoms with Crippen LogP contribution in [0.3, 0.4) is 0 Å². The predicted octanol–water partition coefficient (Wildman–Crippen LogP) is 3.79. The van der Waals surface area contributed by atoms with Crippen LogP contribution in [0, 0.1) is 5.92 Å². The van der Waals surface area contributed by atoms with E-state index < -0.39 is 0 Å².